The van der Waals surface area contributed by atoms with Crippen molar-refractivity contribution >= 4 is 5.91 Å². The van der Waals surface area contributed by atoms with Gasteiger partial charge in [-0.15, -0.1) is 0 Å². The van der Waals surface area contributed by atoms with Crippen LogP contribution in [0, 0.1) is 0 Å². The Bertz CT molecular complexity index is 1020. The van der Waals surface area contributed by atoms with E-state index in [9.17, 15) is 45.6 Å². The van der Waals surface area contributed by atoms with E-state index in [1.165, 1.54) is 109 Å². The number of aliphatic hydroxyl groups is 8. The fourth-order valence-electron chi connectivity index (χ4n) is 7.44. The number of carbonyl (C=O) groups is 1. The van der Waals surface area contributed by atoms with Crippen molar-refractivity contribution in [3.63, 3.8) is 0 Å². The summed E-state index contributed by atoms with van der Waals surface area (Å²) in [4.78, 5) is 12.6. The molecule has 2 fully saturated rings. The van der Waals surface area contributed by atoms with Crippen molar-refractivity contribution < 1.29 is 64.6 Å². The van der Waals surface area contributed by atoms with Gasteiger partial charge in [0.2, 0.25) is 5.91 Å². The number of aliphatic hydroxyl groups excluding tert-OH is 8. The first-order valence-corrected chi connectivity index (χ1v) is 22.4. The van der Waals surface area contributed by atoms with Gasteiger partial charge in [0.1, 0.15) is 48.8 Å². The average Bonchev–Trinajstić information content (AvgIpc) is 3.21. The van der Waals surface area contributed by atoms with E-state index in [2.05, 4.69) is 12.2 Å². The summed E-state index contributed by atoms with van der Waals surface area (Å²) in [6, 6.07) is -0.903. The lowest BCUT2D eigenvalue weighted by atomic mass is 9.97. The second-order valence-corrected chi connectivity index (χ2v) is 16.2. The number of hydrogen-bond donors (Lipinski definition) is 9. The molecule has 0 aromatic rings. The fourth-order valence-corrected chi connectivity index (χ4v) is 7.44. The number of hydrogen-bond acceptors (Lipinski definition) is 13. The first-order valence-electron chi connectivity index (χ1n) is 22.4. The zero-order valence-corrected chi connectivity index (χ0v) is 35.1. The second kappa shape index (κ2) is 31.6. The first kappa shape index (κ1) is 51.9. The highest BCUT2D eigenvalue weighted by atomic mass is 16.7. The van der Waals surface area contributed by atoms with E-state index in [4.69, 9.17) is 18.9 Å². The first-order chi connectivity index (χ1) is 27.6. The largest absolute Gasteiger partial charge is 0.394 e. The van der Waals surface area contributed by atoms with E-state index in [0.717, 1.165) is 25.7 Å². The molecule has 0 aliphatic carbocycles. The van der Waals surface area contributed by atoms with Crippen LogP contribution >= 0.6 is 0 Å². The summed E-state index contributed by atoms with van der Waals surface area (Å²) < 4.78 is 22.4. The van der Waals surface area contributed by atoms with E-state index in [1.54, 1.807) is 6.08 Å². The predicted octanol–water partition coefficient (Wildman–Crippen LogP) is 4.04. The van der Waals surface area contributed by atoms with Gasteiger partial charge in [-0.3, -0.25) is 4.79 Å². The Labute approximate surface area is 342 Å². The lowest BCUT2D eigenvalue weighted by molar-refractivity contribution is -0.359. The van der Waals surface area contributed by atoms with Crippen LogP contribution in [-0.2, 0) is 23.7 Å². The number of allylic oxidation sites excluding steroid dienone is 1. The molecule has 2 rings (SSSR count). The van der Waals surface area contributed by atoms with E-state index in [1.807, 2.05) is 13.0 Å². The summed E-state index contributed by atoms with van der Waals surface area (Å²) >= 11 is 0. The molecule has 0 saturated carbocycles. The van der Waals surface area contributed by atoms with Crippen LogP contribution in [0.3, 0.4) is 0 Å². The van der Waals surface area contributed by atoms with Gasteiger partial charge in [0, 0.05) is 6.42 Å². The van der Waals surface area contributed by atoms with E-state index in [-0.39, 0.29) is 18.9 Å². The average molecular weight is 820 g/mol. The van der Waals surface area contributed by atoms with Gasteiger partial charge in [0.05, 0.1) is 32.0 Å². The van der Waals surface area contributed by atoms with Crippen molar-refractivity contribution in [3.8, 4) is 0 Å². The normalized spacial score (nSPS) is 29.2. The topological polar surface area (TPSA) is 228 Å². The van der Waals surface area contributed by atoms with Gasteiger partial charge < -0.3 is 65.1 Å². The quantitative estimate of drug-likeness (QED) is 0.0337. The molecule has 14 nitrogen and oxygen atoms in total. The van der Waals surface area contributed by atoms with Crippen molar-refractivity contribution in [2.45, 2.75) is 235 Å². The molecule has 2 aliphatic rings. The molecule has 0 radical (unpaired) electrons. The fraction of sp³-hybridized carbons (Fsp3) is 0.930. The number of amides is 1. The molecule has 2 saturated heterocycles. The Hall–Kier alpha value is -1.27. The highest BCUT2D eigenvalue weighted by Crippen LogP contribution is 2.30. The van der Waals surface area contributed by atoms with Crippen molar-refractivity contribution in [2.24, 2.45) is 0 Å². The van der Waals surface area contributed by atoms with E-state index < -0.39 is 86.8 Å². The van der Waals surface area contributed by atoms with Gasteiger partial charge >= 0.3 is 0 Å². The van der Waals surface area contributed by atoms with Crippen LogP contribution in [0.5, 0.6) is 0 Å². The van der Waals surface area contributed by atoms with Crippen LogP contribution in [0.4, 0.5) is 0 Å². The molecule has 336 valence electrons. The monoisotopic (exact) mass is 820 g/mol. The Morgan fingerprint density at radius 2 is 1.09 bits per heavy atom. The number of unbranched alkanes of at least 4 members (excludes halogenated alkanes) is 20. The number of nitrogens with one attached hydrogen (secondary N) is 1. The Morgan fingerprint density at radius 1 is 0.614 bits per heavy atom. The third-order valence-electron chi connectivity index (χ3n) is 11.2. The SMILES string of the molecule is CCCCCCCCCCCCCCCCCCCCC/C=C/C(O)C(COC1OC(CO)C(OC2OC(CO)C(O)C(O)C2O)C(O)C1O)NC(=O)CCCC. The molecule has 2 heterocycles. The maximum atomic E-state index is 12.6. The minimum Gasteiger partial charge on any atom is -0.394 e. The molecule has 12 unspecified atom stereocenters. The molecule has 2 aliphatic heterocycles. The second-order valence-electron chi connectivity index (χ2n) is 16.2. The highest BCUT2D eigenvalue weighted by molar-refractivity contribution is 5.76. The van der Waals surface area contributed by atoms with Crippen LogP contribution in [-0.4, -0.2) is 140 Å². The smallest absolute Gasteiger partial charge is 0.220 e. The van der Waals surface area contributed by atoms with Gasteiger partial charge in [-0.25, -0.2) is 0 Å². The summed E-state index contributed by atoms with van der Waals surface area (Å²) in [5.74, 6) is -0.275. The van der Waals surface area contributed by atoms with Crippen molar-refractivity contribution in [1.29, 1.82) is 0 Å². The maximum Gasteiger partial charge on any atom is 0.220 e. The molecule has 12 atom stereocenters. The summed E-state index contributed by atoms with van der Waals surface area (Å²) in [6.45, 7) is 2.52. The molecule has 9 N–H and O–H groups in total. The predicted molar refractivity (Wildman–Crippen MR) is 217 cm³/mol. The lowest BCUT2D eigenvalue weighted by Gasteiger charge is -2.46. The third kappa shape index (κ3) is 20.2. The number of carbonyl (C=O) groups excluding carboxylic acids is 1. The van der Waals surface area contributed by atoms with Gasteiger partial charge in [0.15, 0.2) is 12.6 Å². The molecule has 14 heteroatoms. The van der Waals surface area contributed by atoms with E-state index in [0.29, 0.717) is 6.42 Å². The van der Waals surface area contributed by atoms with Crippen LogP contribution in [0.25, 0.3) is 0 Å². The Morgan fingerprint density at radius 3 is 1.60 bits per heavy atom. The molecule has 0 bridgehead atoms. The van der Waals surface area contributed by atoms with Gasteiger partial charge in [-0.05, 0) is 19.3 Å². The van der Waals surface area contributed by atoms with Crippen molar-refractivity contribution in [1.82, 2.24) is 5.32 Å². The van der Waals surface area contributed by atoms with Crippen LogP contribution < -0.4 is 5.32 Å². The zero-order chi connectivity index (χ0) is 41.8. The minimum atomic E-state index is -1.78. The summed E-state index contributed by atoms with van der Waals surface area (Å²) in [5, 5.41) is 85.7. The number of ether oxygens (including phenoxy) is 4. The highest BCUT2D eigenvalue weighted by Gasteiger charge is 2.50. The minimum absolute atomic E-state index is 0.258. The summed E-state index contributed by atoms with van der Waals surface area (Å²) in [7, 11) is 0. The Kier molecular flexibility index (Phi) is 28.7. The number of rotatable bonds is 33. The molecule has 57 heavy (non-hydrogen) atoms. The van der Waals surface area contributed by atoms with Crippen molar-refractivity contribution in [2.75, 3.05) is 19.8 Å². The van der Waals surface area contributed by atoms with E-state index >= 15 is 0 Å². The summed E-state index contributed by atoms with van der Waals surface area (Å²) in [5.41, 5.74) is 0. The third-order valence-corrected chi connectivity index (χ3v) is 11.2. The molecule has 0 aromatic heterocycles. The summed E-state index contributed by atoms with van der Waals surface area (Å²) in [6.07, 6.45) is 14.1. The molecule has 0 spiro atoms. The molecule has 0 aromatic carbocycles. The molecule has 1 amide bonds. The van der Waals surface area contributed by atoms with Crippen LogP contribution in [0.2, 0.25) is 0 Å². The maximum absolute atomic E-state index is 12.6. The molecular weight excluding hydrogens is 738 g/mol. The van der Waals surface area contributed by atoms with Crippen LogP contribution in [0.15, 0.2) is 12.2 Å². The Balaban J connectivity index is 1.71. The lowest BCUT2D eigenvalue weighted by Crippen LogP contribution is -2.65. The standard InChI is InChI=1S/C43H81NO13/c1-3-5-7-8-9-10-11-12-13-14-15-16-17-18-19-20-21-22-23-24-25-26-32(47)31(44-35(48)27-6-4-2)30-54-42-40(53)38(51)41(34(29-46)56-42)57-43-39(52)37(50)36(49)33(28-45)55-43/h25-26,31-34,36-43,45-47,49-53H,3-24,27-30H2,1-2H3,(H,44,48)/b26-25+. The van der Waals surface area contributed by atoms with Gasteiger partial charge in [0.25, 0.3) is 0 Å². The van der Waals surface area contributed by atoms with Gasteiger partial charge in [-0.2, -0.15) is 0 Å². The zero-order valence-electron chi connectivity index (χ0n) is 35.1. The molecular formula is C43H81NO13. The van der Waals surface area contributed by atoms with Gasteiger partial charge in [-0.1, -0.05) is 148 Å². The van der Waals surface area contributed by atoms with Crippen molar-refractivity contribution in [3.05, 3.63) is 12.2 Å². The van der Waals surface area contributed by atoms with Crippen LogP contribution in [0.1, 0.15) is 162 Å².